The number of carbonyl (C=O) groups is 3. The molecule has 2 N–H and O–H groups in total. The van der Waals surface area contributed by atoms with Gasteiger partial charge in [0.05, 0.1) is 18.3 Å². The molecule has 1 aliphatic heterocycles. The summed E-state index contributed by atoms with van der Waals surface area (Å²) in [5, 5.41) is 11.5. The number of carbonyl (C=O) groups excluding carboxylic acids is 2. The molecule has 7 nitrogen and oxygen atoms in total. The zero-order chi connectivity index (χ0) is 17.5. The van der Waals surface area contributed by atoms with E-state index in [0.717, 1.165) is 5.56 Å². The molecular formula is C17H20N2O5. The van der Waals surface area contributed by atoms with Crippen LogP contribution >= 0.6 is 0 Å². The van der Waals surface area contributed by atoms with Crippen molar-refractivity contribution in [2.24, 2.45) is 0 Å². The molecule has 1 atom stereocenters. The van der Waals surface area contributed by atoms with Gasteiger partial charge in [-0.25, -0.2) is 4.79 Å². The van der Waals surface area contributed by atoms with Crippen LogP contribution in [0.15, 0.2) is 30.3 Å². The number of aromatic carboxylic acids is 1. The van der Waals surface area contributed by atoms with Crippen LogP contribution in [0.5, 0.6) is 0 Å². The van der Waals surface area contributed by atoms with Crippen LogP contribution in [-0.4, -0.2) is 60.1 Å². The first-order valence-electron chi connectivity index (χ1n) is 7.62. The third-order valence-corrected chi connectivity index (χ3v) is 3.61. The lowest BCUT2D eigenvalue weighted by molar-refractivity contribution is -0.133. The summed E-state index contributed by atoms with van der Waals surface area (Å²) in [6.07, 6.45) is 2.89. The Bertz CT molecular complexity index is 639. The monoisotopic (exact) mass is 332 g/mol. The Morgan fingerprint density at radius 1 is 1.33 bits per heavy atom. The summed E-state index contributed by atoms with van der Waals surface area (Å²) in [5.74, 6) is -1.26. The molecule has 1 aromatic rings. The minimum absolute atomic E-state index is 0.133. The summed E-state index contributed by atoms with van der Waals surface area (Å²) in [7, 11) is 0. The van der Waals surface area contributed by atoms with E-state index in [-0.39, 0.29) is 23.5 Å². The lowest BCUT2D eigenvalue weighted by Gasteiger charge is -2.32. The van der Waals surface area contributed by atoms with Crippen LogP contribution in [0.4, 0.5) is 0 Å². The zero-order valence-electron chi connectivity index (χ0n) is 13.4. The Kier molecular flexibility index (Phi) is 6.08. The van der Waals surface area contributed by atoms with Gasteiger partial charge in [0.25, 0.3) is 0 Å². The van der Waals surface area contributed by atoms with Gasteiger partial charge in [0.1, 0.15) is 0 Å². The SMILES string of the molecule is CC(=O)NCC1CN(C(=O)/C=C/c2ccc(C(=O)O)cc2)CCO1. The maximum absolute atomic E-state index is 12.2. The minimum Gasteiger partial charge on any atom is -0.478 e. The Hall–Kier alpha value is -2.67. The Balaban J connectivity index is 1.90. The van der Waals surface area contributed by atoms with Gasteiger partial charge >= 0.3 is 5.97 Å². The van der Waals surface area contributed by atoms with Crippen LogP contribution in [0, 0.1) is 0 Å². The number of ether oxygens (including phenoxy) is 1. The van der Waals surface area contributed by atoms with Gasteiger partial charge in [-0.2, -0.15) is 0 Å². The molecule has 0 bridgehead atoms. The Labute approximate surface area is 139 Å². The number of benzene rings is 1. The molecule has 2 amide bonds. The number of rotatable bonds is 5. The first kappa shape index (κ1) is 17.7. The van der Waals surface area contributed by atoms with E-state index in [0.29, 0.717) is 26.2 Å². The molecule has 0 radical (unpaired) electrons. The lowest BCUT2D eigenvalue weighted by Crippen LogP contribution is -2.49. The van der Waals surface area contributed by atoms with Gasteiger partial charge in [-0.15, -0.1) is 0 Å². The second kappa shape index (κ2) is 8.26. The van der Waals surface area contributed by atoms with Crippen molar-refractivity contribution in [3.05, 3.63) is 41.5 Å². The first-order chi connectivity index (χ1) is 11.5. The maximum Gasteiger partial charge on any atom is 0.335 e. The minimum atomic E-state index is -0.986. The number of hydrogen-bond donors (Lipinski definition) is 2. The molecule has 1 unspecified atom stereocenters. The van der Waals surface area contributed by atoms with Crippen molar-refractivity contribution < 1.29 is 24.2 Å². The largest absolute Gasteiger partial charge is 0.478 e. The van der Waals surface area contributed by atoms with Crippen LogP contribution < -0.4 is 5.32 Å². The third kappa shape index (κ3) is 5.20. The van der Waals surface area contributed by atoms with Crippen molar-refractivity contribution in [2.75, 3.05) is 26.2 Å². The smallest absolute Gasteiger partial charge is 0.335 e. The summed E-state index contributed by atoms with van der Waals surface area (Å²) in [6.45, 7) is 3.15. The van der Waals surface area contributed by atoms with E-state index in [1.54, 1.807) is 23.1 Å². The Morgan fingerprint density at radius 3 is 2.67 bits per heavy atom. The quantitative estimate of drug-likeness (QED) is 0.776. The van der Waals surface area contributed by atoms with Crippen molar-refractivity contribution in [1.29, 1.82) is 0 Å². The molecular weight excluding hydrogens is 312 g/mol. The van der Waals surface area contributed by atoms with Gasteiger partial charge in [-0.05, 0) is 23.8 Å². The highest BCUT2D eigenvalue weighted by atomic mass is 16.5. The average Bonchev–Trinajstić information content (AvgIpc) is 2.58. The fraction of sp³-hybridized carbons (Fsp3) is 0.353. The summed E-state index contributed by atoms with van der Waals surface area (Å²) in [6, 6.07) is 6.27. The standard InChI is InChI=1S/C17H20N2O5/c1-12(20)18-10-15-11-19(8-9-24-15)16(21)7-4-13-2-5-14(6-3-13)17(22)23/h2-7,15H,8-11H2,1H3,(H,18,20)(H,22,23)/b7-4+. The lowest BCUT2D eigenvalue weighted by atomic mass is 10.1. The fourth-order valence-corrected chi connectivity index (χ4v) is 2.31. The van der Waals surface area contributed by atoms with Crippen LogP contribution in [0.2, 0.25) is 0 Å². The number of hydrogen-bond acceptors (Lipinski definition) is 4. The van der Waals surface area contributed by atoms with Gasteiger partial charge in [-0.3, -0.25) is 9.59 Å². The highest BCUT2D eigenvalue weighted by molar-refractivity contribution is 5.92. The van der Waals surface area contributed by atoms with Crippen LogP contribution in [0.1, 0.15) is 22.8 Å². The van der Waals surface area contributed by atoms with E-state index in [1.807, 2.05) is 0 Å². The summed E-state index contributed by atoms with van der Waals surface area (Å²) < 4.78 is 5.52. The summed E-state index contributed by atoms with van der Waals surface area (Å²) >= 11 is 0. The molecule has 7 heteroatoms. The van der Waals surface area contributed by atoms with Gasteiger partial charge in [0, 0.05) is 32.6 Å². The normalized spacial score (nSPS) is 17.7. The van der Waals surface area contributed by atoms with Crippen LogP contribution in [-0.2, 0) is 14.3 Å². The first-order valence-corrected chi connectivity index (χ1v) is 7.62. The molecule has 1 aliphatic rings. The predicted octanol–water partition coefficient (Wildman–Crippen LogP) is 0.761. The van der Waals surface area contributed by atoms with Crippen LogP contribution in [0.25, 0.3) is 6.08 Å². The van der Waals surface area contributed by atoms with Gasteiger partial charge in [0.2, 0.25) is 11.8 Å². The predicted molar refractivity (Wildman–Crippen MR) is 87.4 cm³/mol. The molecule has 0 saturated carbocycles. The zero-order valence-corrected chi connectivity index (χ0v) is 13.4. The van der Waals surface area contributed by atoms with E-state index in [4.69, 9.17) is 9.84 Å². The highest BCUT2D eigenvalue weighted by Gasteiger charge is 2.22. The molecule has 128 valence electrons. The molecule has 1 heterocycles. The number of amides is 2. The number of nitrogens with one attached hydrogen (secondary N) is 1. The molecule has 1 saturated heterocycles. The van der Waals surface area contributed by atoms with Crippen molar-refractivity contribution >= 4 is 23.9 Å². The number of carboxylic acids is 1. The van der Waals surface area contributed by atoms with Crippen LogP contribution in [0.3, 0.4) is 0 Å². The van der Waals surface area contributed by atoms with E-state index < -0.39 is 5.97 Å². The van der Waals surface area contributed by atoms with E-state index in [2.05, 4.69) is 5.32 Å². The molecule has 24 heavy (non-hydrogen) atoms. The van der Waals surface area contributed by atoms with Crippen molar-refractivity contribution in [3.8, 4) is 0 Å². The Morgan fingerprint density at radius 2 is 2.04 bits per heavy atom. The van der Waals surface area contributed by atoms with E-state index >= 15 is 0 Å². The number of nitrogens with zero attached hydrogens (tertiary/aromatic N) is 1. The molecule has 0 aromatic heterocycles. The second-order valence-electron chi connectivity index (χ2n) is 5.47. The van der Waals surface area contributed by atoms with E-state index in [9.17, 15) is 14.4 Å². The van der Waals surface area contributed by atoms with Gasteiger partial charge in [0.15, 0.2) is 0 Å². The fourth-order valence-electron chi connectivity index (χ4n) is 2.31. The van der Waals surface area contributed by atoms with Crippen molar-refractivity contribution in [1.82, 2.24) is 10.2 Å². The molecule has 0 aliphatic carbocycles. The molecule has 2 rings (SSSR count). The van der Waals surface area contributed by atoms with Crippen molar-refractivity contribution in [3.63, 3.8) is 0 Å². The van der Waals surface area contributed by atoms with Gasteiger partial charge in [-0.1, -0.05) is 12.1 Å². The topological polar surface area (TPSA) is 95.9 Å². The average molecular weight is 332 g/mol. The number of morpholine rings is 1. The highest BCUT2D eigenvalue weighted by Crippen LogP contribution is 2.09. The third-order valence-electron chi connectivity index (χ3n) is 3.61. The summed E-state index contributed by atoms with van der Waals surface area (Å²) in [4.78, 5) is 35.6. The molecule has 1 aromatic carbocycles. The molecule has 1 fully saturated rings. The van der Waals surface area contributed by atoms with E-state index in [1.165, 1.54) is 25.1 Å². The molecule has 0 spiro atoms. The maximum atomic E-state index is 12.2. The van der Waals surface area contributed by atoms with Gasteiger partial charge < -0.3 is 20.1 Å². The summed E-state index contributed by atoms with van der Waals surface area (Å²) in [5.41, 5.74) is 0.948. The van der Waals surface area contributed by atoms with Crippen molar-refractivity contribution in [2.45, 2.75) is 13.0 Å². The number of carboxylic acid groups (broad SMARTS) is 1. The second-order valence-corrected chi connectivity index (χ2v) is 5.47.